The number of ether oxygens (including phenoxy) is 1. The van der Waals surface area contributed by atoms with Gasteiger partial charge in [-0.1, -0.05) is 37.8 Å². The summed E-state index contributed by atoms with van der Waals surface area (Å²) in [6, 6.07) is 4.35. The van der Waals surface area contributed by atoms with E-state index in [1.54, 1.807) is 0 Å². The summed E-state index contributed by atoms with van der Waals surface area (Å²) in [7, 11) is 0. The number of carboxylic acid groups (broad SMARTS) is 1. The van der Waals surface area contributed by atoms with Crippen molar-refractivity contribution < 1.29 is 19.4 Å². The maximum absolute atomic E-state index is 12.4. The van der Waals surface area contributed by atoms with Crippen molar-refractivity contribution in [1.29, 1.82) is 0 Å². The molecule has 1 atom stereocenters. The SMILES string of the molecule is CCC(OC1CCCCC1)C(=O)Nc1ccc(C(=O)O)c(Cl)c1. The highest BCUT2D eigenvalue weighted by molar-refractivity contribution is 6.33. The fraction of sp³-hybridized carbons (Fsp3) is 0.529. The van der Waals surface area contributed by atoms with Gasteiger partial charge in [0.05, 0.1) is 16.7 Å². The Morgan fingerprint density at radius 3 is 2.61 bits per heavy atom. The predicted octanol–water partition coefficient (Wildman–Crippen LogP) is 4.10. The van der Waals surface area contributed by atoms with Crippen molar-refractivity contribution in [2.75, 3.05) is 5.32 Å². The molecule has 0 bridgehead atoms. The molecule has 0 aromatic heterocycles. The van der Waals surface area contributed by atoms with E-state index in [-0.39, 0.29) is 22.6 Å². The molecule has 1 saturated carbocycles. The second kappa shape index (κ2) is 8.31. The van der Waals surface area contributed by atoms with Crippen LogP contribution in [0.4, 0.5) is 5.69 Å². The number of carbonyl (C=O) groups is 2. The van der Waals surface area contributed by atoms with E-state index in [1.165, 1.54) is 24.6 Å². The number of carbonyl (C=O) groups excluding carboxylic acids is 1. The molecule has 2 rings (SSSR count). The number of nitrogens with one attached hydrogen (secondary N) is 1. The van der Waals surface area contributed by atoms with Gasteiger partial charge in [-0.3, -0.25) is 4.79 Å². The van der Waals surface area contributed by atoms with E-state index < -0.39 is 12.1 Å². The van der Waals surface area contributed by atoms with Crippen LogP contribution in [0.5, 0.6) is 0 Å². The summed E-state index contributed by atoms with van der Waals surface area (Å²) in [6.07, 6.45) is 5.77. The summed E-state index contributed by atoms with van der Waals surface area (Å²) in [5.74, 6) is -1.32. The summed E-state index contributed by atoms with van der Waals surface area (Å²) in [5.41, 5.74) is 0.478. The Morgan fingerprint density at radius 2 is 2.04 bits per heavy atom. The van der Waals surface area contributed by atoms with Crippen LogP contribution in [0.1, 0.15) is 55.8 Å². The normalized spacial score (nSPS) is 16.8. The van der Waals surface area contributed by atoms with Crippen LogP contribution in [-0.2, 0) is 9.53 Å². The molecule has 6 heteroatoms. The van der Waals surface area contributed by atoms with Gasteiger partial charge in [0, 0.05) is 5.69 Å². The van der Waals surface area contributed by atoms with Gasteiger partial charge in [-0.15, -0.1) is 0 Å². The van der Waals surface area contributed by atoms with Crippen molar-refractivity contribution in [2.24, 2.45) is 0 Å². The summed E-state index contributed by atoms with van der Waals surface area (Å²) >= 11 is 5.91. The molecule has 2 N–H and O–H groups in total. The van der Waals surface area contributed by atoms with Gasteiger partial charge in [0.2, 0.25) is 0 Å². The number of hydrogen-bond donors (Lipinski definition) is 2. The third kappa shape index (κ3) is 4.94. The smallest absolute Gasteiger partial charge is 0.337 e. The number of carboxylic acids is 1. The van der Waals surface area contributed by atoms with E-state index in [0.717, 1.165) is 25.7 Å². The van der Waals surface area contributed by atoms with Crippen LogP contribution in [0.15, 0.2) is 18.2 Å². The molecule has 0 aliphatic heterocycles. The first-order valence-electron chi connectivity index (χ1n) is 8.00. The second-order valence-corrected chi connectivity index (χ2v) is 6.19. The highest BCUT2D eigenvalue weighted by Gasteiger charge is 2.23. The lowest BCUT2D eigenvalue weighted by Gasteiger charge is -2.26. The molecule has 23 heavy (non-hydrogen) atoms. The zero-order valence-corrected chi connectivity index (χ0v) is 13.9. The lowest BCUT2D eigenvalue weighted by atomic mass is 9.97. The molecule has 0 radical (unpaired) electrons. The number of anilines is 1. The monoisotopic (exact) mass is 339 g/mol. The maximum Gasteiger partial charge on any atom is 0.337 e. The number of aromatic carboxylic acids is 1. The summed E-state index contributed by atoms with van der Waals surface area (Å²) < 4.78 is 5.93. The predicted molar refractivity (Wildman–Crippen MR) is 89.1 cm³/mol. The molecule has 1 aliphatic carbocycles. The third-order valence-corrected chi connectivity index (χ3v) is 4.35. The Kier molecular flexibility index (Phi) is 6.42. The number of benzene rings is 1. The zero-order valence-electron chi connectivity index (χ0n) is 13.2. The highest BCUT2D eigenvalue weighted by Crippen LogP contribution is 2.24. The van der Waals surface area contributed by atoms with Crippen LogP contribution < -0.4 is 5.32 Å². The van der Waals surface area contributed by atoms with Crippen LogP contribution in [0, 0.1) is 0 Å². The third-order valence-electron chi connectivity index (χ3n) is 4.04. The maximum atomic E-state index is 12.4. The van der Waals surface area contributed by atoms with Crippen molar-refractivity contribution in [2.45, 2.75) is 57.7 Å². The minimum atomic E-state index is -1.10. The Balaban J connectivity index is 1.98. The first-order chi connectivity index (χ1) is 11.0. The Hall–Kier alpha value is -1.59. The molecular weight excluding hydrogens is 318 g/mol. The van der Waals surface area contributed by atoms with Gasteiger partial charge >= 0.3 is 5.97 Å². The molecule has 0 saturated heterocycles. The van der Waals surface area contributed by atoms with Gasteiger partial charge in [-0.05, 0) is 37.5 Å². The van der Waals surface area contributed by atoms with Crippen molar-refractivity contribution in [3.63, 3.8) is 0 Å². The van der Waals surface area contributed by atoms with Crippen molar-refractivity contribution in [1.82, 2.24) is 0 Å². The van der Waals surface area contributed by atoms with E-state index >= 15 is 0 Å². The zero-order chi connectivity index (χ0) is 16.8. The first kappa shape index (κ1) is 17.8. The molecule has 126 valence electrons. The van der Waals surface area contributed by atoms with Crippen LogP contribution in [0.3, 0.4) is 0 Å². The van der Waals surface area contributed by atoms with Crippen molar-refractivity contribution >= 4 is 29.2 Å². The van der Waals surface area contributed by atoms with E-state index in [1.807, 2.05) is 6.92 Å². The average Bonchev–Trinajstić information content (AvgIpc) is 2.53. The lowest BCUT2D eigenvalue weighted by Crippen LogP contribution is -2.34. The van der Waals surface area contributed by atoms with Gasteiger partial charge in [-0.25, -0.2) is 4.79 Å². The second-order valence-electron chi connectivity index (χ2n) is 5.78. The minimum Gasteiger partial charge on any atom is -0.478 e. The lowest BCUT2D eigenvalue weighted by molar-refractivity contribution is -0.132. The van der Waals surface area contributed by atoms with Crippen LogP contribution >= 0.6 is 11.6 Å². The number of halogens is 1. The molecule has 1 amide bonds. The van der Waals surface area contributed by atoms with Crippen LogP contribution in [0.2, 0.25) is 5.02 Å². The highest BCUT2D eigenvalue weighted by atomic mass is 35.5. The standard InChI is InChI=1S/C17H22ClNO4/c1-2-15(23-12-6-4-3-5-7-12)16(20)19-11-8-9-13(17(21)22)14(18)10-11/h8-10,12,15H,2-7H2,1H3,(H,19,20)(H,21,22). The number of hydrogen-bond acceptors (Lipinski definition) is 3. The molecule has 0 heterocycles. The van der Waals surface area contributed by atoms with E-state index in [9.17, 15) is 9.59 Å². The van der Waals surface area contributed by atoms with E-state index in [0.29, 0.717) is 12.1 Å². The van der Waals surface area contributed by atoms with Crippen LogP contribution in [0.25, 0.3) is 0 Å². The fourth-order valence-electron chi connectivity index (χ4n) is 2.77. The van der Waals surface area contributed by atoms with Crippen LogP contribution in [-0.4, -0.2) is 29.2 Å². The van der Waals surface area contributed by atoms with E-state index in [4.69, 9.17) is 21.4 Å². The molecule has 1 aliphatic rings. The number of rotatable bonds is 6. The summed E-state index contributed by atoms with van der Waals surface area (Å²) in [5, 5.41) is 11.8. The average molecular weight is 340 g/mol. The summed E-state index contributed by atoms with van der Waals surface area (Å²) in [6.45, 7) is 1.91. The molecule has 0 spiro atoms. The molecule has 1 unspecified atom stereocenters. The van der Waals surface area contributed by atoms with Gasteiger partial charge in [0.15, 0.2) is 0 Å². The topological polar surface area (TPSA) is 75.6 Å². The molecule has 1 aromatic carbocycles. The molecule has 1 aromatic rings. The quantitative estimate of drug-likeness (QED) is 0.818. The van der Waals surface area contributed by atoms with Gasteiger partial charge in [-0.2, -0.15) is 0 Å². The largest absolute Gasteiger partial charge is 0.478 e. The Labute approximate surface area is 141 Å². The first-order valence-corrected chi connectivity index (χ1v) is 8.38. The van der Waals surface area contributed by atoms with Crippen molar-refractivity contribution in [3.05, 3.63) is 28.8 Å². The number of amides is 1. The van der Waals surface area contributed by atoms with Gasteiger partial charge < -0.3 is 15.2 Å². The summed E-state index contributed by atoms with van der Waals surface area (Å²) in [4.78, 5) is 23.3. The van der Waals surface area contributed by atoms with E-state index in [2.05, 4.69) is 5.32 Å². The van der Waals surface area contributed by atoms with Crippen molar-refractivity contribution in [3.8, 4) is 0 Å². The molecular formula is C17H22ClNO4. The Morgan fingerprint density at radius 1 is 1.35 bits per heavy atom. The molecule has 5 nitrogen and oxygen atoms in total. The molecule has 1 fully saturated rings. The van der Waals surface area contributed by atoms with Gasteiger partial charge in [0.25, 0.3) is 5.91 Å². The van der Waals surface area contributed by atoms with Gasteiger partial charge in [0.1, 0.15) is 6.10 Å². The fourth-order valence-corrected chi connectivity index (χ4v) is 3.03. The minimum absolute atomic E-state index is 0.00941. The Bertz CT molecular complexity index is 570.